The van der Waals surface area contributed by atoms with Crippen LogP contribution < -0.4 is 10.6 Å². The monoisotopic (exact) mass is 442 g/mol. The van der Waals surface area contributed by atoms with Gasteiger partial charge in [0.05, 0.1) is 11.7 Å². The number of aromatic nitrogens is 4. The molecule has 3 heterocycles. The van der Waals surface area contributed by atoms with E-state index in [1.165, 1.54) is 0 Å². The zero-order chi connectivity index (χ0) is 22.8. The van der Waals surface area contributed by atoms with Gasteiger partial charge in [-0.05, 0) is 56.4 Å². The van der Waals surface area contributed by atoms with Gasteiger partial charge in [0.2, 0.25) is 5.95 Å². The molecule has 0 saturated carbocycles. The van der Waals surface area contributed by atoms with Crippen LogP contribution in [0, 0.1) is 6.92 Å². The minimum atomic E-state index is 0.0713. The molecule has 4 aromatic rings. The molecule has 9 heteroatoms. The highest BCUT2D eigenvalue weighted by molar-refractivity contribution is 5.94. The zero-order valence-electron chi connectivity index (χ0n) is 18.7. The topological polar surface area (TPSA) is 102 Å². The highest BCUT2D eigenvalue weighted by Gasteiger charge is 2.20. The molecule has 1 aliphatic rings. The minimum absolute atomic E-state index is 0.0713. The van der Waals surface area contributed by atoms with E-state index in [0.717, 1.165) is 54.0 Å². The number of rotatable bonds is 5. The van der Waals surface area contributed by atoms with Crippen LogP contribution in [0.3, 0.4) is 0 Å². The molecule has 5 rings (SSSR count). The first-order valence-corrected chi connectivity index (χ1v) is 10.9. The highest BCUT2D eigenvalue weighted by Crippen LogP contribution is 2.23. The van der Waals surface area contributed by atoms with E-state index in [4.69, 9.17) is 0 Å². The number of aromatic amines is 1. The van der Waals surface area contributed by atoms with Crippen molar-refractivity contribution < 1.29 is 4.79 Å². The molecule has 2 aromatic heterocycles. The zero-order valence-corrected chi connectivity index (χ0v) is 18.7. The van der Waals surface area contributed by atoms with Crippen LogP contribution in [0.2, 0.25) is 0 Å². The molecule has 33 heavy (non-hydrogen) atoms. The fourth-order valence-electron chi connectivity index (χ4n) is 3.80. The van der Waals surface area contributed by atoms with Gasteiger partial charge in [-0.15, -0.1) is 0 Å². The third-order valence-corrected chi connectivity index (χ3v) is 5.85. The quantitative estimate of drug-likeness (QED) is 0.434. The molecule has 0 atom stereocenters. The largest absolute Gasteiger partial charge is 0.340 e. The van der Waals surface area contributed by atoms with Gasteiger partial charge in [-0.2, -0.15) is 10.1 Å². The van der Waals surface area contributed by atoms with Gasteiger partial charge in [0, 0.05) is 60.3 Å². The molecule has 1 saturated heterocycles. The highest BCUT2D eigenvalue weighted by atomic mass is 16.2. The summed E-state index contributed by atoms with van der Waals surface area (Å²) >= 11 is 0. The van der Waals surface area contributed by atoms with Gasteiger partial charge >= 0.3 is 0 Å². The van der Waals surface area contributed by atoms with Gasteiger partial charge in [-0.25, -0.2) is 4.98 Å². The molecule has 0 aliphatic carbocycles. The lowest BCUT2D eigenvalue weighted by molar-refractivity contribution is 0.0664. The number of piperazine rings is 1. The van der Waals surface area contributed by atoms with Crippen molar-refractivity contribution in [3.8, 4) is 0 Å². The number of amides is 1. The average Bonchev–Trinajstić information content (AvgIpc) is 3.30. The Morgan fingerprint density at radius 2 is 1.73 bits per heavy atom. The number of fused-ring (bicyclic) bond motifs is 1. The molecule has 168 valence electrons. The van der Waals surface area contributed by atoms with Crippen molar-refractivity contribution in [2.75, 3.05) is 43.9 Å². The standard InChI is InChI=1S/C24H26N8O/c1-16-14-25-24(29-22(16)27-20-8-5-18-15-26-30-21(18)13-20)28-19-6-3-17(4-7-19)23(33)32-11-9-31(2)10-12-32/h3-8,13-15H,9-12H2,1-2H3,(H,26,30)(H2,25,27,28,29). The van der Waals surface area contributed by atoms with Gasteiger partial charge in [0.15, 0.2) is 0 Å². The molecule has 0 bridgehead atoms. The first kappa shape index (κ1) is 20.9. The Hall–Kier alpha value is -3.98. The first-order valence-electron chi connectivity index (χ1n) is 10.9. The van der Waals surface area contributed by atoms with Crippen LogP contribution in [0.1, 0.15) is 15.9 Å². The van der Waals surface area contributed by atoms with E-state index in [9.17, 15) is 4.79 Å². The Morgan fingerprint density at radius 3 is 2.52 bits per heavy atom. The number of anilines is 4. The van der Waals surface area contributed by atoms with Crippen molar-refractivity contribution in [1.82, 2.24) is 30.0 Å². The molecule has 0 spiro atoms. The number of likely N-dealkylation sites (N-methyl/N-ethyl adjacent to an activating group) is 1. The first-order chi connectivity index (χ1) is 16.0. The molecule has 2 aromatic carbocycles. The summed E-state index contributed by atoms with van der Waals surface area (Å²) in [5.74, 6) is 1.26. The normalized spacial score (nSPS) is 14.4. The predicted octanol–water partition coefficient (Wildman–Crippen LogP) is 3.54. The second-order valence-corrected chi connectivity index (χ2v) is 8.32. The van der Waals surface area contributed by atoms with Crippen molar-refractivity contribution in [1.29, 1.82) is 0 Å². The smallest absolute Gasteiger partial charge is 0.253 e. The third-order valence-electron chi connectivity index (χ3n) is 5.85. The van der Waals surface area contributed by atoms with Crippen molar-refractivity contribution in [2.45, 2.75) is 6.92 Å². The summed E-state index contributed by atoms with van der Waals surface area (Å²) in [4.78, 5) is 25.9. The number of hydrogen-bond acceptors (Lipinski definition) is 7. The SMILES string of the molecule is Cc1cnc(Nc2ccc(C(=O)N3CCN(C)CC3)cc2)nc1Nc1ccc2cn[nH]c2c1. The summed E-state index contributed by atoms with van der Waals surface area (Å²) < 4.78 is 0. The number of aryl methyl sites for hydroxylation is 1. The lowest BCUT2D eigenvalue weighted by Crippen LogP contribution is -2.47. The maximum absolute atomic E-state index is 12.7. The summed E-state index contributed by atoms with van der Waals surface area (Å²) in [6.07, 6.45) is 3.57. The van der Waals surface area contributed by atoms with E-state index in [0.29, 0.717) is 17.3 Å². The number of carbonyl (C=O) groups excluding carboxylic acids is 1. The third kappa shape index (κ3) is 4.63. The number of carbonyl (C=O) groups is 1. The lowest BCUT2D eigenvalue weighted by atomic mass is 10.1. The number of benzene rings is 2. The van der Waals surface area contributed by atoms with E-state index < -0.39 is 0 Å². The second-order valence-electron chi connectivity index (χ2n) is 8.32. The fourth-order valence-corrected chi connectivity index (χ4v) is 3.80. The summed E-state index contributed by atoms with van der Waals surface area (Å²) in [6.45, 7) is 5.29. The Labute approximate surface area is 191 Å². The average molecular weight is 443 g/mol. The number of H-pyrrole nitrogens is 1. The number of hydrogen-bond donors (Lipinski definition) is 3. The molecule has 1 amide bonds. The maximum Gasteiger partial charge on any atom is 0.253 e. The lowest BCUT2D eigenvalue weighted by Gasteiger charge is -2.32. The Balaban J connectivity index is 1.27. The molecule has 1 fully saturated rings. The van der Waals surface area contributed by atoms with Crippen LogP contribution in [-0.2, 0) is 0 Å². The minimum Gasteiger partial charge on any atom is -0.340 e. The van der Waals surface area contributed by atoms with Crippen LogP contribution >= 0.6 is 0 Å². The van der Waals surface area contributed by atoms with E-state index in [1.54, 1.807) is 12.4 Å². The van der Waals surface area contributed by atoms with E-state index in [2.05, 4.69) is 42.7 Å². The summed E-state index contributed by atoms with van der Waals surface area (Å²) in [5, 5.41) is 14.7. The summed E-state index contributed by atoms with van der Waals surface area (Å²) in [5.41, 5.74) is 4.30. The van der Waals surface area contributed by atoms with Crippen LogP contribution in [0.4, 0.5) is 23.1 Å². The van der Waals surface area contributed by atoms with Crippen molar-refractivity contribution in [3.63, 3.8) is 0 Å². The van der Waals surface area contributed by atoms with E-state index in [-0.39, 0.29) is 5.91 Å². The van der Waals surface area contributed by atoms with Crippen LogP contribution in [0.5, 0.6) is 0 Å². The summed E-state index contributed by atoms with van der Waals surface area (Å²) in [7, 11) is 2.08. The molecular weight excluding hydrogens is 416 g/mol. The maximum atomic E-state index is 12.7. The van der Waals surface area contributed by atoms with Crippen LogP contribution in [0.15, 0.2) is 54.9 Å². The Kier molecular flexibility index (Phi) is 5.62. The molecular formula is C24H26N8O. The van der Waals surface area contributed by atoms with Gasteiger partial charge in [-0.3, -0.25) is 9.89 Å². The Morgan fingerprint density at radius 1 is 0.970 bits per heavy atom. The molecule has 0 radical (unpaired) electrons. The number of nitrogens with one attached hydrogen (secondary N) is 3. The fraction of sp³-hybridized carbons (Fsp3) is 0.250. The van der Waals surface area contributed by atoms with Gasteiger partial charge in [0.25, 0.3) is 5.91 Å². The molecule has 3 N–H and O–H groups in total. The van der Waals surface area contributed by atoms with Crippen molar-refractivity contribution in [3.05, 3.63) is 66.0 Å². The second kappa shape index (κ2) is 8.87. The van der Waals surface area contributed by atoms with Gasteiger partial charge in [0.1, 0.15) is 5.82 Å². The van der Waals surface area contributed by atoms with E-state index in [1.807, 2.05) is 54.3 Å². The van der Waals surface area contributed by atoms with Crippen molar-refractivity contribution in [2.24, 2.45) is 0 Å². The van der Waals surface area contributed by atoms with Gasteiger partial charge in [-0.1, -0.05) is 0 Å². The predicted molar refractivity (Wildman–Crippen MR) is 129 cm³/mol. The number of nitrogens with zero attached hydrogens (tertiary/aromatic N) is 5. The molecule has 9 nitrogen and oxygen atoms in total. The van der Waals surface area contributed by atoms with Crippen LogP contribution in [-0.4, -0.2) is 69.1 Å². The van der Waals surface area contributed by atoms with E-state index >= 15 is 0 Å². The Bertz CT molecular complexity index is 1280. The molecule has 1 aliphatic heterocycles. The molecule has 0 unspecified atom stereocenters. The summed E-state index contributed by atoms with van der Waals surface area (Å²) in [6, 6.07) is 13.4. The van der Waals surface area contributed by atoms with Crippen LogP contribution in [0.25, 0.3) is 10.9 Å². The van der Waals surface area contributed by atoms with Crippen molar-refractivity contribution >= 4 is 40.0 Å². The van der Waals surface area contributed by atoms with Gasteiger partial charge < -0.3 is 20.4 Å².